The molecule has 0 fully saturated rings. The summed E-state index contributed by atoms with van der Waals surface area (Å²) >= 11 is 0. The summed E-state index contributed by atoms with van der Waals surface area (Å²) in [6.45, 7) is 0. The van der Waals surface area contributed by atoms with Crippen LogP contribution in [-0.2, 0) is 0 Å². The van der Waals surface area contributed by atoms with Gasteiger partial charge in [-0.2, -0.15) is 5.11 Å². The highest BCUT2D eigenvalue weighted by molar-refractivity contribution is 5.95. The Morgan fingerprint density at radius 2 is 1.50 bits per heavy atom. The van der Waals surface area contributed by atoms with Gasteiger partial charge in [0.1, 0.15) is 11.4 Å². The van der Waals surface area contributed by atoms with Crippen molar-refractivity contribution in [3.8, 4) is 5.75 Å². The SMILES string of the molecule is COc1ccc2ccccc2c1N=Nc1ccccc1. The predicted octanol–water partition coefficient (Wildman–Crippen LogP) is 5.26. The van der Waals surface area contributed by atoms with E-state index in [9.17, 15) is 0 Å². The molecule has 0 atom stereocenters. The van der Waals surface area contributed by atoms with E-state index in [1.54, 1.807) is 7.11 Å². The fourth-order valence-corrected chi connectivity index (χ4v) is 2.11. The summed E-state index contributed by atoms with van der Waals surface area (Å²) in [6, 6.07) is 21.7. The zero-order valence-electron chi connectivity index (χ0n) is 11.2. The van der Waals surface area contributed by atoms with Crippen LogP contribution < -0.4 is 4.74 Å². The highest BCUT2D eigenvalue weighted by atomic mass is 16.5. The minimum absolute atomic E-state index is 0.725. The first-order chi connectivity index (χ1) is 9.88. The summed E-state index contributed by atoms with van der Waals surface area (Å²) in [5, 5.41) is 10.8. The van der Waals surface area contributed by atoms with E-state index in [0.717, 1.165) is 27.9 Å². The zero-order chi connectivity index (χ0) is 13.8. The van der Waals surface area contributed by atoms with E-state index in [0.29, 0.717) is 0 Å². The molecule has 0 N–H and O–H groups in total. The second-order valence-corrected chi connectivity index (χ2v) is 4.37. The van der Waals surface area contributed by atoms with Crippen LogP contribution in [0.1, 0.15) is 0 Å². The first-order valence-corrected chi connectivity index (χ1v) is 6.41. The number of fused-ring (bicyclic) bond motifs is 1. The van der Waals surface area contributed by atoms with Gasteiger partial charge < -0.3 is 4.74 Å². The number of benzene rings is 3. The quantitative estimate of drug-likeness (QED) is 0.592. The van der Waals surface area contributed by atoms with Crippen molar-refractivity contribution in [3.63, 3.8) is 0 Å². The summed E-state index contributed by atoms with van der Waals surface area (Å²) in [7, 11) is 1.64. The summed E-state index contributed by atoms with van der Waals surface area (Å²) in [5.74, 6) is 0.725. The van der Waals surface area contributed by atoms with Gasteiger partial charge in [0, 0.05) is 5.39 Å². The second kappa shape index (κ2) is 5.53. The van der Waals surface area contributed by atoms with Crippen molar-refractivity contribution in [1.29, 1.82) is 0 Å². The van der Waals surface area contributed by atoms with Gasteiger partial charge in [-0.25, -0.2) is 0 Å². The van der Waals surface area contributed by atoms with Crippen LogP contribution >= 0.6 is 0 Å². The van der Waals surface area contributed by atoms with Gasteiger partial charge in [0.15, 0.2) is 0 Å². The third kappa shape index (κ3) is 2.38. The van der Waals surface area contributed by atoms with E-state index in [1.807, 2.05) is 60.7 Å². The molecule has 98 valence electrons. The molecule has 0 radical (unpaired) electrons. The molecule has 3 aromatic rings. The molecule has 0 saturated heterocycles. The lowest BCUT2D eigenvalue weighted by Crippen LogP contribution is -1.84. The molecule has 0 spiro atoms. The molecule has 0 bridgehead atoms. The minimum Gasteiger partial charge on any atom is -0.494 e. The Bertz CT molecular complexity index is 751. The molecule has 3 nitrogen and oxygen atoms in total. The number of ether oxygens (including phenoxy) is 1. The average Bonchev–Trinajstić information content (AvgIpc) is 2.53. The average molecular weight is 262 g/mol. The Morgan fingerprint density at radius 3 is 2.30 bits per heavy atom. The molecule has 3 aromatic carbocycles. The Kier molecular flexibility index (Phi) is 3.42. The maximum Gasteiger partial charge on any atom is 0.147 e. The van der Waals surface area contributed by atoms with Gasteiger partial charge in [-0.15, -0.1) is 5.11 Å². The van der Waals surface area contributed by atoms with Crippen LogP contribution in [0.15, 0.2) is 77.0 Å². The molecule has 0 aliphatic rings. The van der Waals surface area contributed by atoms with Gasteiger partial charge >= 0.3 is 0 Å². The van der Waals surface area contributed by atoms with Crippen molar-refractivity contribution >= 4 is 22.1 Å². The standard InChI is InChI=1S/C17H14N2O/c1-20-16-12-11-13-7-5-6-10-15(13)17(16)19-18-14-8-3-2-4-9-14/h2-12H,1H3. The Morgan fingerprint density at radius 1 is 0.750 bits per heavy atom. The van der Waals surface area contributed by atoms with Gasteiger partial charge in [0.05, 0.1) is 12.8 Å². The number of rotatable bonds is 3. The molecular formula is C17H14N2O. The van der Waals surface area contributed by atoms with Crippen LogP contribution in [0.25, 0.3) is 10.8 Å². The largest absolute Gasteiger partial charge is 0.494 e. The highest BCUT2D eigenvalue weighted by Crippen LogP contribution is 2.36. The van der Waals surface area contributed by atoms with Crippen molar-refractivity contribution in [2.45, 2.75) is 0 Å². The molecule has 0 unspecified atom stereocenters. The maximum atomic E-state index is 5.39. The summed E-state index contributed by atoms with van der Waals surface area (Å²) < 4.78 is 5.39. The van der Waals surface area contributed by atoms with E-state index >= 15 is 0 Å². The van der Waals surface area contributed by atoms with E-state index in [2.05, 4.69) is 16.3 Å². The Balaban J connectivity index is 2.12. The fraction of sp³-hybridized carbons (Fsp3) is 0.0588. The zero-order valence-corrected chi connectivity index (χ0v) is 11.2. The summed E-state index contributed by atoms with van der Waals surface area (Å²) in [4.78, 5) is 0. The summed E-state index contributed by atoms with van der Waals surface area (Å²) in [5.41, 5.74) is 1.58. The lowest BCUT2D eigenvalue weighted by Gasteiger charge is -2.07. The van der Waals surface area contributed by atoms with Crippen LogP contribution in [0.3, 0.4) is 0 Å². The van der Waals surface area contributed by atoms with Crippen LogP contribution in [0.5, 0.6) is 5.75 Å². The number of methoxy groups -OCH3 is 1. The van der Waals surface area contributed by atoms with Crippen molar-refractivity contribution in [2.75, 3.05) is 7.11 Å². The number of hydrogen-bond acceptors (Lipinski definition) is 3. The molecule has 0 aliphatic heterocycles. The van der Waals surface area contributed by atoms with Crippen molar-refractivity contribution in [2.24, 2.45) is 10.2 Å². The Labute approximate surface area is 117 Å². The van der Waals surface area contributed by atoms with E-state index in [-0.39, 0.29) is 0 Å². The molecular weight excluding hydrogens is 248 g/mol. The molecule has 0 amide bonds. The van der Waals surface area contributed by atoms with Crippen molar-refractivity contribution in [1.82, 2.24) is 0 Å². The number of hydrogen-bond donors (Lipinski definition) is 0. The van der Waals surface area contributed by atoms with Gasteiger partial charge in [-0.05, 0) is 23.6 Å². The molecule has 20 heavy (non-hydrogen) atoms. The minimum atomic E-state index is 0.725. The van der Waals surface area contributed by atoms with E-state index < -0.39 is 0 Å². The van der Waals surface area contributed by atoms with Crippen LogP contribution in [0, 0.1) is 0 Å². The molecule has 0 heterocycles. The molecule has 3 rings (SSSR count). The third-order valence-corrected chi connectivity index (χ3v) is 3.11. The van der Waals surface area contributed by atoms with Gasteiger partial charge in [0.25, 0.3) is 0 Å². The fourth-order valence-electron chi connectivity index (χ4n) is 2.11. The normalized spacial score (nSPS) is 11.1. The second-order valence-electron chi connectivity index (χ2n) is 4.37. The predicted molar refractivity (Wildman–Crippen MR) is 81.1 cm³/mol. The monoisotopic (exact) mass is 262 g/mol. The van der Waals surface area contributed by atoms with Crippen LogP contribution in [0.4, 0.5) is 11.4 Å². The summed E-state index contributed by atoms with van der Waals surface area (Å²) in [6.07, 6.45) is 0. The van der Waals surface area contributed by atoms with Crippen molar-refractivity contribution < 1.29 is 4.74 Å². The smallest absolute Gasteiger partial charge is 0.147 e. The first-order valence-electron chi connectivity index (χ1n) is 6.41. The van der Waals surface area contributed by atoms with Gasteiger partial charge in [-0.1, -0.05) is 48.5 Å². The lowest BCUT2D eigenvalue weighted by molar-refractivity contribution is 0.416. The van der Waals surface area contributed by atoms with E-state index in [1.165, 1.54) is 0 Å². The Hall–Kier alpha value is -2.68. The van der Waals surface area contributed by atoms with Crippen LogP contribution in [-0.4, -0.2) is 7.11 Å². The number of nitrogens with zero attached hydrogens (tertiary/aromatic N) is 2. The third-order valence-electron chi connectivity index (χ3n) is 3.11. The molecule has 0 aliphatic carbocycles. The molecule has 0 saturated carbocycles. The molecule has 0 aromatic heterocycles. The van der Waals surface area contributed by atoms with Crippen LogP contribution in [0.2, 0.25) is 0 Å². The van der Waals surface area contributed by atoms with Crippen molar-refractivity contribution in [3.05, 3.63) is 66.7 Å². The van der Waals surface area contributed by atoms with Gasteiger partial charge in [0.2, 0.25) is 0 Å². The van der Waals surface area contributed by atoms with E-state index in [4.69, 9.17) is 4.74 Å². The maximum absolute atomic E-state index is 5.39. The topological polar surface area (TPSA) is 34.0 Å². The molecule has 3 heteroatoms. The highest BCUT2D eigenvalue weighted by Gasteiger charge is 2.07. The lowest BCUT2D eigenvalue weighted by atomic mass is 10.1. The number of azo groups is 1. The first kappa shape index (κ1) is 12.4. The van der Waals surface area contributed by atoms with Gasteiger partial charge in [-0.3, -0.25) is 0 Å².